The Labute approximate surface area is 193 Å². The Kier molecular flexibility index (Phi) is 9.96. The summed E-state index contributed by atoms with van der Waals surface area (Å²) >= 11 is 18.4. The summed E-state index contributed by atoms with van der Waals surface area (Å²) in [5, 5.41) is 4.33. The van der Waals surface area contributed by atoms with Crippen LogP contribution in [0.4, 0.5) is 0 Å². The molecule has 0 heterocycles. The van der Waals surface area contributed by atoms with Gasteiger partial charge in [0, 0.05) is 18.1 Å². The van der Waals surface area contributed by atoms with E-state index in [4.69, 9.17) is 34.8 Å². The van der Waals surface area contributed by atoms with Crippen LogP contribution in [-0.4, -0.2) is 29.3 Å². The van der Waals surface area contributed by atoms with E-state index < -0.39 is 6.04 Å². The molecule has 0 aliphatic carbocycles. The molecule has 0 bridgehead atoms. The Morgan fingerprint density at radius 2 is 1.73 bits per heavy atom. The quantitative estimate of drug-likeness (QED) is 0.440. The van der Waals surface area contributed by atoms with Crippen LogP contribution in [0.1, 0.15) is 44.2 Å². The Hall–Kier alpha value is -1.75. The maximum absolute atomic E-state index is 13.3. The van der Waals surface area contributed by atoms with Crippen molar-refractivity contribution in [2.45, 2.75) is 52.1 Å². The highest BCUT2D eigenvalue weighted by molar-refractivity contribution is 6.42. The van der Waals surface area contributed by atoms with Crippen LogP contribution in [0.5, 0.6) is 0 Å². The largest absolute Gasteiger partial charge is 0.354 e. The highest BCUT2D eigenvalue weighted by atomic mass is 35.5. The van der Waals surface area contributed by atoms with E-state index in [1.807, 2.05) is 25.1 Å². The summed E-state index contributed by atoms with van der Waals surface area (Å²) in [6, 6.07) is 11.9. The topological polar surface area (TPSA) is 49.4 Å². The Bertz CT molecular complexity index is 873. The van der Waals surface area contributed by atoms with Crippen LogP contribution in [0.3, 0.4) is 0 Å². The maximum atomic E-state index is 13.3. The molecule has 1 N–H and O–H groups in total. The van der Waals surface area contributed by atoms with Crippen molar-refractivity contribution < 1.29 is 9.59 Å². The molecule has 2 aromatic rings. The Balaban J connectivity index is 2.28. The van der Waals surface area contributed by atoms with Gasteiger partial charge < -0.3 is 10.2 Å². The number of nitrogens with zero attached hydrogens (tertiary/aromatic N) is 1. The summed E-state index contributed by atoms with van der Waals surface area (Å²) in [7, 11) is 0. The molecule has 0 saturated heterocycles. The van der Waals surface area contributed by atoms with Crippen LogP contribution in [0.15, 0.2) is 42.5 Å². The average molecular weight is 470 g/mol. The predicted molar refractivity (Wildman–Crippen MR) is 124 cm³/mol. The molecule has 0 fully saturated rings. The third kappa shape index (κ3) is 6.90. The molecule has 0 radical (unpaired) electrons. The third-order valence-corrected chi connectivity index (χ3v) is 5.96. The van der Waals surface area contributed by atoms with Gasteiger partial charge in [-0.1, -0.05) is 79.3 Å². The summed E-state index contributed by atoms with van der Waals surface area (Å²) < 4.78 is 0. The van der Waals surface area contributed by atoms with Gasteiger partial charge in [-0.15, -0.1) is 0 Å². The molecule has 162 valence electrons. The number of nitrogens with one attached hydrogen (secondary N) is 1. The first-order valence-electron chi connectivity index (χ1n) is 10.1. The summed E-state index contributed by atoms with van der Waals surface area (Å²) in [5.74, 6) is -0.328. The van der Waals surface area contributed by atoms with Gasteiger partial charge in [0.15, 0.2) is 0 Å². The molecule has 2 aromatic carbocycles. The normalized spacial score (nSPS) is 11.8. The molecule has 2 amide bonds. The zero-order valence-corrected chi connectivity index (χ0v) is 19.5. The molecule has 0 unspecified atom stereocenters. The van der Waals surface area contributed by atoms with Crippen LogP contribution < -0.4 is 5.32 Å². The summed E-state index contributed by atoms with van der Waals surface area (Å²) in [6.45, 7) is 4.80. The molecule has 7 heteroatoms. The molecule has 0 saturated carbocycles. The van der Waals surface area contributed by atoms with Gasteiger partial charge in [-0.3, -0.25) is 9.59 Å². The summed E-state index contributed by atoms with van der Waals surface area (Å²) in [6.07, 6.45) is 2.48. The van der Waals surface area contributed by atoms with Crippen LogP contribution in [0.2, 0.25) is 15.1 Å². The van der Waals surface area contributed by atoms with Gasteiger partial charge in [0.25, 0.3) is 0 Å². The number of hydrogen-bond acceptors (Lipinski definition) is 2. The number of halogens is 3. The fourth-order valence-corrected chi connectivity index (χ4v) is 3.68. The first-order chi connectivity index (χ1) is 14.4. The molecule has 30 heavy (non-hydrogen) atoms. The van der Waals surface area contributed by atoms with E-state index in [9.17, 15) is 9.59 Å². The number of unbranched alkanes of at least 4 members (excludes halogenated alkanes) is 1. The number of benzene rings is 2. The first-order valence-corrected chi connectivity index (χ1v) is 11.2. The third-order valence-electron chi connectivity index (χ3n) is 4.85. The molecule has 4 nitrogen and oxygen atoms in total. The number of amides is 2. The fourth-order valence-electron chi connectivity index (χ4n) is 3.16. The van der Waals surface area contributed by atoms with Crippen molar-refractivity contribution in [1.29, 1.82) is 0 Å². The number of carbonyl (C=O) groups excluding carboxylic acids is 2. The number of rotatable bonds is 10. The minimum absolute atomic E-state index is 0.111. The minimum atomic E-state index is -0.589. The lowest BCUT2D eigenvalue weighted by Gasteiger charge is -2.31. The average Bonchev–Trinajstić information content (AvgIpc) is 2.72. The van der Waals surface area contributed by atoms with E-state index in [1.54, 1.807) is 29.2 Å². The molecular weight excluding hydrogens is 443 g/mol. The van der Waals surface area contributed by atoms with Crippen molar-refractivity contribution in [3.8, 4) is 0 Å². The monoisotopic (exact) mass is 468 g/mol. The van der Waals surface area contributed by atoms with Gasteiger partial charge in [-0.2, -0.15) is 0 Å². The smallest absolute Gasteiger partial charge is 0.242 e. The van der Waals surface area contributed by atoms with Crippen LogP contribution >= 0.6 is 34.8 Å². The van der Waals surface area contributed by atoms with Crippen molar-refractivity contribution >= 4 is 46.6 Å². The van der Waals surface area contributed by atoms with Crippen molar-refractivity contribution in [3.05, 3.63) is 68.7 Å². The lowest BCUT2D eigenvalue weighted by atomic mass is 10.1. The van der Waals surface area contributed by atoms with Crippen LogP contribution in [0.25, 0.3) is 0 Å². The van der Waals surface area contributed by atoms with E-state index >= 15 is 0 Å². The molecule has 0 aromatic heterocycles. The van der Waals surface area contributed by atoms with Crippen molar-refractivity contribution in [3.63, 3.8) is 0 Å². The van der Waals surface area contributed by atoms with Gasteiger partial charge in [0.1, 0.15) is 6.04 Å². The Morgan fingerprint density at radius 3 is 2.37 bits per heavy atom. The van der Waals surface area contributed by atoms with Gasteiger partial charge in [-0.25, -0.2) is 0 Å². The van der Waals surface area contributed by atoms with E-state index in [0.29, 0.717) is 28.0 Å². The van der Waals surface area contributed by atoms with E-state index in [2.05, 4.69) is 12.2 Å². The minimum Gasteiger partial charge on any atom is -0.354 e. The predicted octanol–water partition coefficient (Wildman–Crippen LogP) is 5.91. The van der Waals surface area contributed by atoms with E-state index in [1.165, 1.54) is 0 Å². The zero-order valence-electron chi connectivity index (χ0n) is 17.3. The zero-order chi connectivity index (χ0) is 22.1. The number of carbonyl (C=O) groups is 2. The maximum Gasteiger partial charge on any atom is 0.242 e. The second-order valence-corrected chi connectivity index (χ2v) is 8.33. The molecule has 1 atom stereocenters. The molecular formula is C23H27Cl3N2O2. The molecule has 0 aliphatic rings. The second kappa shape index (κ2) is 12.2. The summed E-state index contributed by atoms with van der Waals surface area (Å²) in [4.78, 5) is 27.7. The molecule has 0 aliphatic heterocycles. The summed E-state index contributed by atoms with van der Waals surface area (Å²) in [5.41, 5.74) is 1.53. The standard InChI is InChI=1S/C23H27Cl3N2O2/c1-3-5-12-27-23(30)21(4-2)28(15-17-8-6-7-9-18(17)24)22(29)14-16-10-11-19(25)20(26)13-16/h6-11,13,21H,3-5,12,14-15H2,1-2H3,(H,27,30)/t21-/m0/s1. The van der Waals surface area contributed by atoms with Gasteiger partial charge in [0.2, 0.25) is 11.8 Å². The van der Waals surface area contributed by atoms with Crippen LogP contribution in [-0.2, 0) is 22.6 Å². The number of hydrogen-bond donors (Lipinski definition) is 1. The Morgan fingerprint density at radius 1 is 1.00 bits per heavy atom. The van der Waals surface area contributed by atoms with Crippen molar-refractivity contribution in [1.82, 2.24) is 10.2 Å². The first kappa shape index (κ1) is 24.5. The van der Waals surface area contributed by atoms with Gasteiger partial charge in [-0.05, 0) is 42.2 Å². The van der Waals surface area contributed by atoms with Crippen molar-refractivity contribution in [2.75, 3.05) is 6.54 Å². The fraction of sp³-hybridized carbons (Fsp3) is 0.391. The lowest BCUT2D eigenvalue weighted by Crippen LogP contribution is -2.49. The highest BCUT2D eigenvalue weighted by Gasteiger charge is 2.29. The van der Waals surface area contributed by atoms with E-state index in [-0.39, 0.29) is 24.8 Å². The van der Waals surface area contributed by atoms with Crippen molar-refractivity contribution in [2.24, 2.45) is 0 Å². The van der Waals surface area contributed by atoms with Gasteiger partial charge >= 0.3 is 0 Å². The SMILES string of the molecule is CCCCNC(=O)[C@H](CC)N(Cc1ccccc1Cl)C(=O)Cc1ccc(Cl)c(Cl)c1. The van der Waals surface area contributed by atoms with Crippen LogP contribution in [0, 0.1) is 0 Å². The molecule has 0 spiro atoms. The van der Waals surface area contributed by atoms with Gasteiger partial charge in [0.05, 0.1) is 16.5 Å². The highest BCUT2D eigenvalue weighted by Crippen LogP contribution is 2.24. The molecule has 2 rings (SSSR count). The second-order valence-electron chi connectivity index (χ2n) is 7.11. The van der Waals surface area contributed by atoms with E-state index in [0.717, 1.165) is 24.0 Å². The lowest BCUT2D eigenvalue weighted by molar-refractivity contribution is -0.140.